The third kappa shape index (κ3) is 2.60. The van der Waals surface area contributed by atoms with E-state index in [1.54, 1.807) is 6.92 Å². The lowest BCUT2D eigenvalue weighted by Gasteiger charge is -2.37. The Bertz CT molecular complexity index is 730. The number of hydrogen-bond donors (Lipinski definition) is 1. The van der Waals surface area contributed by atoms with E-state index in [1.807, 2.05) is 13.0 Å². The Morgan fingerprint density at radius 3 is 2.88 bits per heavy atom. The van der Waals surface area contributed by atoms with Gasteiger partial charge in [-0.15, -0.1) is 0 Å². The molecule has 0 saturated heterocycles. The Labute approximate surface area is 142 Å². The van der Waals surface area contributed by atoms with Crippen LogP contribution in [0.15, 0.2) is 30.1 Å². The molecule has 0 radical (unpaired) electrons. The summed E-state index contributed by atoms with van der Waals surface area (Å²) >= 11 is 0. The first kappa shape index (κ1) is 16.6. The lowest BCUT2D eigenvalue weighted by molar-refractivity contribution is 0.0521. The number of carbonyl (C=O) groups is 1. The highest BCUT2D eigenvalue weighted by molar-refractivity contribution is 5.95. The van der Waals surface area contributed by atoms with Crippen LogP contribution < -0.4 is 4.74 Å². The Morgan fingerprint density at radius 2 is 2.21 bits per heavy atom. The van der Waals surface area contributed by atoms with E-state index in [0.29, 0.717) is 17.7 Å². The molecule has 1 aromatic carbocycles. The maximum absolute atomic E-state index is 12.4. The van der Waals surface area contributed by atoms with Crippen molar-refractivity contribution in [2.75, 3.05) is 6.61 Å². The molecule has 24 heavy (non-hydrogen) atoms. The van der Waals surface area contributed by atoms with E-state index in [0.717, 1.165) is 24.2 Å². The second kappa shape index (κ2) is 6.34. The van der Waals surface area contributed by atoms with E-state index < -0.39 is 5.97 Å². The molecule has 1 aliphatic heterocycles. The van der Waals surface area contributed by atoms with E-state index in [-0.39, 0.29) is 29.8 Å². The second-order valence-electron chi connectivity index (χ2n) is 6.50. The van der Waals surface area contributed by atoms with E-state index in [9.17, 15) is 9.90 Å². The van der Waals surface area contributed by atoms with Crippen molar-refractivity contribution >= 4 is 5.97 Å². The maximum atomic E-state index is 12.4. The van der Waals surface area contributed by atoms with Crippen LogP contribution in [0.3, 0.4) is 0 Å². The average molecular weight is 328 g/mol. The standard InChI is InChI=1S/C20H24O4/c1-5-13-10-16-18(19(21)17(13)20(22)23-6-2)15-9-11(3)7-8-14(15)12(4)24-16/h9-10,14-15,21H,4-8H2,1-3H3/t14-,15?/m1/s1. The molecule has 3 rings (SSSR count). The fourth-order valence-corrected chi connectivity index (χ4v) is 3.76. The smallest absolute Gasteiger partial charge is 0.342 e. The summed E-state index contributed by atoms with van der Waals surface area (Å²) in [4.78, 5) is 12.4. The van der Waals surface area contributed by atoms with E-state index >= 15 is 0 Å². The highest BCUT2D eigenvalue weighted by Crippen LogP contribution is 2.52. The van der Waals surface area contributed by atoms with Crippen LogP contribution in [0.25, 0.3) is 0 Å². The van der Waals surface area contributed by atoms with Crippen LogP contribution in [0.1, 0.15) is 61.0 Å². The van der Waals surface area contributed by atoms with Crippen molar-refractivity contribution in [3.05, 3.63) is 46.7 Å². The SMILES string of the molecule is C=C1Oc2cc(CC)c(C(=O)OCC)c(O)c2C2C=C(C)CC[C@H]12. The van der Waals surface area contributed by atoms with E-state index in [2.05, 4.69) is 19.6 Å². The number of benzene rings is 1. The first-order valence-corrected chi connectivity index (χ1v) is 8.57. The molecule has 1 unspecified atom stereocenters. The summed E-state index contributed by atoms with van der Waals surface area (Å²) < 4.78 is 11.1. The third-order valence-electron chi connectivity index (χ3n) is 4.98. The van der Waals surface area contributed by atoms with Crippen LogP contribution in [0, 0.1) is 5.92 Å². The first-order valence-electron chi connectivity index (χ1n) is 8.57. The minimum absolute atomic E-state index is 0.00347. The number of carbonyl (C=O) groups excluding carboxylic acids is 1. The fourth-order valence-electron chi connectivity index (χ4n) is 3.76. The van der Waals surface area contributed by atoms with Crippen molar-refractivity contribution in [3.63, 3.8) is 0 Å². The number of aromatic hydroxyl groups is 1. The number of esters is 1. The minimum Gasteiger partial charge on any atom is -0.507 e. The van der Waals surface area contributed by atoms with Crippen LogP contribution in [-0.4, -0.2) is 17.7 Å². The van der Waals surface area contributed by atoms with Gasteiger partial charge in [0, 0.05) is 17.4 Å². The topological polar surface area (TPSA) is 55.8 Å². The van der Waals surface area contributed by atoms with Gasteiger partial charge in [0.1, 0.15) is 22.8 Å². The van der Waals surface area contributed by atoms with E-state index in [1.165, 1.54) is 5.57 Å². The largest absolute Gasteiger partial charge is 0.507 e. The number of allylic oxidation sites excluding steroid dienone is 3. The molecule has 0 fully saturated rings. The summed E-state index contributed by atoms with van der Waals surface area (Å²) in [7, 11) is 0. The number of hydrogen-bond acceptors (Lipinski definition) is 4. The quantitative estimate of drug-likeness (QED) is 0.656. The van der Waals surface area contributed by atoms with Gasteiger partial charge in [0.2, 0.25) is 0 Å². The third-order valence-corrected chi connectivity index (χ3v) is 4.98. The Kier molecular flexibility index (Phi) is 4.39. The van der Waals surface area contributed by atoms with Gasteiger partial charge < -0.3 is 14.6 Å². The molecule has 0 amide bonds. The minimum atomic E-state index is -0.480. The monoisotopic (exact) mass is 328 g/mol. The number of ether oxygens (including phenoxy) is 2. The fraction of sp³-hybridized carbons (Fsp3) is 0.450. The van der Waals surface area contributed by atoms with Gasteiger partial charge in [0.05, 0.1) is 6.61 Å². The molecular formula is C20H24O4. The van der Waals surface area contributed by atoms with Crippen LogP contribution in [0.5, 0.6) is 11.5 Å². The Hall–Kier alpha value is -2.23. The number of phenolic OH excluding ortho intramolecular Hbond substituents is 1. The molecule has 0 spiro atoms. The molecular weight excluding hydrogens is 304 g/mol. The molecule has 0 saturated carbocycles. The predicted octanol–water partition coefficient (Wildman–Crippen LogP) is 4.48. The van der Waals surface area contributed by atoms with Crippen LogP contribution in [0.2, 0.25) is 0 Å². The Morgan fingerprint density at radius 1 is 1.46 bits per heavy atom. The van der Waals surface area contributed by atoms with Gasteiger partial charge in [-0.1, -0.05) is 25.2 Å². The molecule has 1 N–H and O–H groups in total. The highest BCUT2D eigenvalue weighted by atomic mass is 16.5. The number of rotatable bonds is 3. The Balaban J connectivity index is 2.21. The van der Waals surface area contributed by atoms with Gasteiger partial charge in [0.15, 0.2) is 0 Å². The van der Waals surface area contributed by atoms with Crippen molar-refractivity contribution in [2.45, 2.75) is 46.0 Å². The summed E-state index contributed by atoms with van der Waals surface area (Å²) in [6.45, 7) is 10.1. The van der Waals surface area contributed by atoms with Gasteiger partial charge >= 0.3 is 5.97 Å². The predicted molar refractivity (Wildman–Crippen MR) is 92.4 cm³/mol. The molecule has 0 aromatic heterocycles. The summed E-state index contributed by atoms with van der Waals surface area (Å²) in [6, 6.07) is 1.85. The van der Waals surface area contributed by atoms with Crippen molar-refractivity contribution in [1.82, 2.24) is 0 Å². The first-order chi connectivity index (χ1) is 11.5. The summed E-state index contributed by atoms with van der Waals surface area (Å²) in [5.41, 5.74) is 2.97. The summed E-state index contributed by atoms with van der Waals surface area (Å²) in [5, 5.41) is 10.9. The van der Waals surface area contributed by atoms with E-state index in [4.69, 9.17) is 9.47 Å². The van der Waals surface area contributed by atoms with Gasteiger partial charge in [-0.2, -0.15) is 0 Å². The number of aryl methyl sites for hydroxylation is 1. The molecule has 128 valence electrons. The number of fused-ring (bicyclic) bond motifs is 3. The van der Waals surface area contributed by atoms with Crippen LogP contribution in [-0.2, 0) is 11.2 Å². The summed E-state index contributed by atoms with van der Waals surface area (Å²) in [5.74, 6) is 0.989. The molecule has 2 atom stereocenters. The van der Waals surface area contributed by atoms with Crippen molar-refractivity contribution in [1.29, 1.82) is 0 Å². The molecule has 1 aliphatic carbocycles. The zero-order valence-corrected chi connectivity index (χ0v) is 14.5. The molecule has 1 heterocycles. The van der Waals surface area contributed by atoms with Crippen LogP contribution in [0.4, 0.5) is 0 Å². The van der Waals surface area contributed by atoms with Crippen molar-refractivity contribution in [2.24, 2.45) is 5.92 Å². The lowest BCUT2D eigenvalue weighted by Crippen LogP contribution is -2.26. The van der Waals surface area contributed by atoms with Gasteiger partial charge in [-0.3, -0.25) is 0 Å². The van der Waals surface area contributed by atoms with Crippen molar-refractivity contribution in [3.8, 4) is 11.5 Å². The second-order valence-corrected chi connectivity index (χ2v) is 6.50. The van der Waals surface area contributed by atoms with Crippen molar-refractivity contribution < 1.29 is 19.4 Å². The normalized spacial score (nSPS) is 22.1. The molecule has 0 bridgehead atoms. The summed E-state index contributed by atoms with van der Waals surface area (Å²) in [6.07, 6.45) is 4.71. The number of phenols is 1. The molecule has 1 aromatic rings. The maximum Gasteiger partial charge on any atom is 0.342 e. The average Bonchev–Trinajstić information content (AvgIpc) is 2.54. The van der Waals surface area contributed by atoms with Gasteiger partial charge in [-0.05, 0) is 44.7 Å². The molecule has 4 nitrogen and oxygen atoms in total. The molecule has 4 heteroatoms. The zero-order chi connectivity index (χ0) is 17.4. The zero-order valence-electron chi connectivity index (χ0n) is 14.5. The van der Waals surface area contributed by atoms with Crippen LogP contribution >= 0.6 is 0 Å². The molecule has 2 aliphatic rings. The highest BCUT2D eigenvalue weighted by Gasteiger charge is 2.38. The lowest BCUT2D eigenvalue weighted by atomic mass is 9.73. The van der Waals surface area contributed by atoms with Gasteiger partial charge in [0.25, 0.3) is 0 Å². The van der Waals surface area contributed by atoms with Gasteiger partial charge in [-0.25, -0.2) is 4.79 Å².